The number of carbonyl (C=O) groups excluding carboxylic acids is 4. The fourth-order valence-electron chi connectivity index (χ4n) is 5.70. The third-order valence-corrected chi connectivity index (χ3v) is 9.20. The average Bonchev–Trinajstić information content (AvgIpc) is 3.07. The minimum absolute atomic E-state index is 0.0282. The van der Waals surface area contributed by atoms with Crippen molar-refractivity contribution in [3.63, 3.8) is 0 Å². The van der Waals surface area contributed by atoms with Gasteiger partial charge in [0.05, 0.1) is 6.42 Å². The quantitative estimate of drug-likeness (QED) is 0.0220. The zero-order chi connectivity index (χ0) is 35.5. The summed E-state index contributed by atoms with van der Waals surface area (Å²) in [4.78, 5) is 49.2. The highest BCUT2D eigenvalue weighted by molar-refractivity contribution is 7.80. The van der Waals surface area contributed by atoms with Crippen molar-refractivity contribution in [2.45, 2.75) is 212 Å². The first-order chi connectivity index (χ1) is 23.3. The molecular weight excluding hydrogens is 626 g/mol. The Labute approximate surface area is 299 Å². The second kappa shape index (κ2) is 35.2. The maximum Gasteiger partial charge on any atom is 0.331 e. The third-order valence-electron chi connectivity index (χ3n) is 8.81. The van der Waals surface area contributed by atoms with E-state index >= 15 is 0 Å². The van der Waals surface area contributed by atoms with Crippen LogP contribution in [0.25, 0.3) is 0 Å². The number of nitrogens with two attached hydrogens (primary N) is 1. The largest absolute Gasteiger partial charge is 0.462 e. The number of carbonyl (C=O) groups is 4. The Morgan fingerprint density at radius 2 is 0.875 bits per heavy atom. The molecule has 0 amide bonds. The first kappa shape index (κ1) is 46.4. The predicted octanol–water partition coefficient (Wildman–Crippen LogP) is 10.1. The molecule has 0 heterocycles. The maximum atomic E-state index is 12.6. The van der Waals surface area contributed by atoms with E-state index in [0.717, 1.165) is 38.5 Å². The van der Waals surface area contributed by atoms with Crippen molar-refractivity contribution >= 4 is 36.5 Å². The van der Waals surface area contributed by atoms with Crippen molar-refractivity contribution in [3.8, 4) is 0 Å². The van der Waals surface area contributed by atoms with E-state index in [0.29, 0.717) is 6.42 Å². The van der Waals surface area contributed by atoms with Gasteiger partial charge in [-0.15, -0.1) is 0 Å². The highest BCUT2D eigenvalue weighted by atomic mass is 32.1. The molecule has 0 aliphatic rings. The summed E-state index contributed by atoms with van der Waals surface area (Å²) in [5, 5.41) is 0. The van der Waals surface area contributed by atoms with Gasteiger partial charge in [0.25, 0.3) is 0 Å². The van der Waals surface area contributed by atoms with E-state index in [1.807, 2.05) is 0 Å². The van der Waals surface area contributed by atoms with Crippen LogP contribution in [0, 0.1) is 0 Å². The zero-order valence-corrected chi connectivity index (χ0v) is 31.9. The Hall–Kier alpha value is -1.61. The van der Waals surface area contributed by atoms with Gasteiger partial charge in [-0.05, 0) is 12.8 Å². The molecule has 0 aromatic heterocycles. The van der Waals surface area contributed by atoms with Gasteiger partial charge in [-0.2, -0.15) is 12.6 Å². The topological polar surface area (TPSA) is 122 Å². The second-order valence-corrected chi connectivity index (χ2v) is 13.9. The minimum Gasteiger partial charge on any atom is -0.462 e. The van der Waals surface area contributed by atoms with Gasteiger partial charge in [-0.3, -0.25) is 14.4 Å². The number of esters is 4. The van der Waals surface area contributed by atoms with Crippen molar-refractivity contribution in [3.05, 3.63) is 0 Å². The van der Waals surface area contributed by atoms with Gasteiger partial charge in [0.2, 0.25) is 0 Å². The Kier molecular flexibility index (Phi) is 34.0. The molecule has 0 radical (unpaired) electrons. The summed E-state index contributed by atoms with van der Waals surface area (Å²) in [6.45, 7) is 4.23. The second-order valence-electron chi connectivity index (χ2n) is 13.6. The van der Waals surface area contributed by atoms with Gasteiger partial charge in [-0.1, -0.05) is 168 Å². The summed E-state index contributed by atoms with van der Waals surface area (Å²) < 4.78 is 15.6. The molecule has 0 aliphatic carbocycles. The van der Waals surface area contributed by atoms with Crippen LogP contribution < -0.4 is 5.73 Å². The summed E-state index contributed by atoms with van der Waals surface area (Å²) in [5.41, 5.74) is 5.58. The summed E-state index contributed by atoms with van der Waals surface area (Å²) >= 11 is 3.95. The van der Waals surface area contributed by atoms with Crippen LogP contribution in [0.2, 0.25) is 0 Å². The molecule has 0 aromatic rings. The molecule has 8 nitrogen and oxygen atoms in total. The van der Waals surface area contributed by atoms with Crippen molar-refractivity contribution < 1.29 is 33.4 Å². The summed E-state index contributed by atoms with van der Waals surface area (Å²) in [5.74, 6) is -2.60. The molecule has 0 aliphatic heterocycles. The van der Waals surface area contributed by atoms with E-state index in [-0.39, 0.29) is 25.2 Å². The van der Waals surface area contributed by atoms with Crippen molar-refractivity contribution in [1.82, 2.24) is 0 Å². The molecule has 2 atom stereocenters. The van der Waals surface area contributed by atoms with E-state index in [2.05, 4.69) is 26.5 Å². The van der Waals surface area contributed by atoms with E-state index in [1.54, 1.807) is 0 Å². The van der Waals surface area contributed by atoms with Gasteiger partial charge < -0.3 is 19.9 Å². The lowest BCUT2D eigenvalue weighted by atomic mass is 10.0. The van der Waals surface area contributed by atoms with Crippen molar-refractivity contribution in [2.75, 3.05) is 12.4 Å². The fraction of sp³-hybridized carbons (Fsp3) is 0.897. The lowest BCUT2D eigenvalue weighted by Gasteiger charge is -2.18. The van der Waals surface area contributed by atoms with Crippen LogP contribution >= 0.6 is 12.6 Å². The molecule has 0 spiro atoms. The van der Waals surface area contributed by atoms with Crippen molar-refractivity contribution in [1.29, 1.82) is 0 Å². The SMILES string of the molecule is CCCCCCCCCCCCCCCC(=O)OCC(CC(=O)OC(=O)[C@@H](N)CS)OC(=O)CCCCCCCCCCCCCCC. The average molecular weight is 700 g/mol. The molecule has 0 saturated carbocycles. The maximum absolute atomic E-state index is 12.6. The van der Waals surface area contributed by atoms with E-state index in [1.165, 1.54) is 122 Å². The monoisotopic (exact) mass is 700 g/mol. The molecule has 0 bridgehead atoms. The molecule has 0 aromatic carbocycles. The van der Waals surface area contributed by atoms with Crippen LogP contribution in [0.1, 0.15) is 200 Å². The number of unbranched alkanes of at least 4 members (excludes halogenated alkanes) is 24. The Bertz CT molecular complexity index is 794. The lowest BCUT2D eigenvalue weighted by Crippen LogP contribution is -2.36. The van der Waals surface area contributed by atoms with Crippen LogP contribution in [-0.4, -0.2) is 48.4 Å². The van der Waals surface area contributed by atoms with E-state index < -0.39 is 42.4 Å². The molecule has 282 valence electrons. The van der Waals surface area contributed by atoms with Gasteiger partial charge in [0.1, 0.15) is 18.8 Å². The Morgan fingerprint density at radius 1 is 0.521 bits per heavy atom. The van der Waals surface area contributed by atoms with Gasteiger partial charge in [0, 0.05) is 18.6 Å². The summed E-state index contributed by atoms with van der Waals surface area (Å²) in [7, 11) is 0. The Morgan fingerprint density at radius 3 is 1.25 bits per heavy atom. The molecule has 1 unspecified atom stereocenters. The number of hydrogen-bond acceptors (Lipinski definition) is 9. The molecular formula is C39H73NO7S. The van der Waals surface area contributed by atoms with E-state index in [9.17, 15) is 19.2 Å². The number of hydrogen-bond donors (Lipinski definition) is 2. The lowest BCUT2D eigenvalue weighted by molar-refractivity contribution is -0.168. The highest BCUT2D eigenvalue weighted by Crippen LogP contribution is 2.15. The fourth-order valence-corrected chi connectivity index (χ4v) is 5.85. The van der Waals surface area contributed by atoms with Gasteiger partial charge in [-0.25, -0.2) is 4.79 Å². The van der Waals surface area contributed by atoms with Gasteiger partial charge in [0.15, 0.2) is 0 Å². The van der Waals surface area contributed by atoms with Crippen LogP contribution in [0.15, 0.2) is 0 Å². The highest BCUT2D eigenvalue weighted by Gasteiger charge is 2.24. The third kappa shape index (κ3) is 31.6. The normalized spacial score (nSPS) is 12.4. The zero-order valence-electron chi connectivity index (χ0n) is 31.0. The van der Waals surface area contributed by atoms with E-state index in [4.69, 9.17) is 19.9 Å². The number of ether oxygens (including phenoxy) is 3. The number of rotatable bonds is 35. The molecule has 0 saturated heterocycles. The van der Waals surface area contributed by atoms with Crippen LogP contribution in [0.5, 0.6) is 0 Å². The number of thiol groups is 1. The van der Waals surface area contributed by atoms with Crippen LogP contribution in [0.3, 0.4) is 0 Å². The molecule has 2 N–H and O–H groups in total. The summed E-state index contributed by atoms with van der Waals surface area (Å²) in [6.07, 6.45) is 30.6. The van der Waals surface area contributed by atoms with Crippen molar-refractivity contribution in [2.24, 2.45) is 5.73 Å². The van der Waals surface area contributed by atoms with Gasteiger partial charge >= 0.3 is 23.9 Å². The Balaban J connectivity index is 4.27. The summed E-state index contributed by atoms with van der Waals surface area (Å²) in [6, 6.07) is -1.04. The predicted molar refractivity (Wildman–Crippen MR) is 199 cm³/mol. The first-order valence-electron chi connectivity index (χ1n) is 19.8. The molecule has 48 heavy (non-hydrogen) atoms. The molecule has 0 fully saturated rings. The molecule has 9 heteroatoms. The standard InChI is InChI=1S/C39H73NO7S/c1-3-5-7-9-11-13-15-17-19-21-23-25-27-29-36(41)45-32-34(31-38(43)47-39(44)35(40)33-48)46-37(42)30-28-26-24-22-20-18-16-14-12-10-8-6-4-2/h34-35,48H,3-33,40H2,1-2H3/t34?,35-/m0/s1. The minimum atomic E-state index is -1.04. The first-order valence-corrected chi connectivity index (χ1v) is 20.4. The molecule has 0 rings (SSSR count). The smallest absolute Gasteiger partial charge is 0.331 e. The van der Waals surface area contributed by atoms with Crippen LogP contribution in [0.4, 0.5) is 0 Å². The van der Waals surface area contributed by atoms with Crippen LogP contribution in [-0.2, 0) is 33.4 Å².